The Morgan fingerprint density at radius 1 is 1.67 bits per heavy atom. The number of nitrogens with zero attached hydrogens (tertiary/aromatic N) is 1. The smallest absolute Gasteiger partial charge is 0.251 e. The van der Waals surface area contributed by atoms with Gasteiger partial charge in [0, 0.05) is 19.1 Å². The molecule has 2 unspecified atom stereocenters. The van der Waals surface area contributed by atoms with Crippen LogP contribution in [0.25, 0.3) is 0 Å². The molecule has 0 bridgehead atoms. The summed E-state index contributed by atoms with van der Waals surface area (Å²) < 4.78 is 5.55. The molecule has 1 heterocycles. The third-order valence-corrected chi connectivity index (χ3v) is 3.26. The van der Waals surface area contributed by atoms with Crippen LogP contribution in [0.5, 0.6) is 0 Å². The lowest BCUT2D eigenvalue weighted by atomic mass is 10.2. The zero-order valence-electron chi connectivity index (χ0n) is 11.7. The van der Waals surface area contributed by atoms with Gasteiger partial charge >= 0.3 is 0 Å². The maximum absolute atomic E-state index is 12.4. The maximum atomic E-state index is 12.4. The van der Waals surface area contributed by atoms with Crippen molar-refractivity contribution in [3.63, 3.8) is 0 Å². The molecular weight excluding hydrogens is 228 g/mol. The summed E-state index contributed by atoms with van der Waals surface area (Å²) in [5, 5.41) is 3.31. The van der Waals surface area contributed by atoms with Gasteiger partial charge in [0.2, 0.25) is 0 Å². The number of hydrogen-bond acceptors (Lipinski definition) is 3. The Labute approximate surface area is 110 Å². The van der Waals surface area contributed by atoms with E-state index in [9.17, 15) is 4.79 Å². The first-order valence-electron chi connectivity index (χ1n) is 6.94. The first-order chi connectivity index (χ1) is 8.70. The Morgan fingerprint density at radius 2 is 2.44 bits per heavy atom. The lowest BCUT2D eigenvalue weighted by Crippen LogP contribution is -2.46. The van der Waals surface area contributed by atoms with Gasteiger partial charge in [-0.15, -0.1) is 6.58 Å². The van der Waals surface area contributed by atoms with E-state index in [4.69, 9.17) is 4.74 Å². The summed E-state index contributed by atoms with van der Waals surface area (Å²) in [5.41, 5.74) is 0. The predicted octanol–water partition coefficient (Wildman–Crippen LogP) is 1.57. The highest BCUT2D eigenvalue weighted by Crippen LogP contribution is 2.12. The maximum Gasteiger partial charge on any atom is 0.251 e. The van der Waals surface area contributed by atoms with Crippen molar-refractivity contribution in [3.8, 4) is 0 Å². The van der Waals surface area contributed by atoms with E-state index < -0.39 is 0 Å². The molecule has 0 radical (unpaired) electrons. The van der Waals surface area contributed by atoms with Crippen LogP contribution in [-0.4, -0.2) is 49.2 Å². The van der Waals surface area contributed by atoms with E-state index in [1.807, 2.05) is 17.9 Å². The van der Waals surface area contributed by atoms with Crippen LogP contribution in [0.3, 0.4) is 0 Å². The van der Waals surface area contributed by atoms with Gasteiger partial charge in [0.1, 0.15) is 6.10 Å². The van der Waals surface area contributed by atoms with Crippen LogP contribution < -0.4 is 5.32 Å². The standard InChI is InChI=1S/C14H26N2O2/c1-4-6-10-18-12(3)14(17)16(9-5-2)13-7-8-15-11-13/h4,12-13,15H,1,5-11H2,2-3H3. The Morgan fingerprint density at radius 3 is 3.00 bits per heavy atom. The third-order valence-electron chi connectivity index (χ3n) is 3.26. The topological polar surface area (TPSA) is 41.6 Å². The minimum absolute atomic E-state index is 0.120. The minimum Gasteiger partial charge on any atom is -0.368 e. The van der Waals surface area contributed by atoms with Gasteiger partial charge < -0.3 is 15.0 Å². The molecule has 1 rings (SSSR count). The Kier molecular flexibility index (Phi) is 6.98. The van der Waals surface area contributed by atoms with Gasteiger partial charge in [0.05, 0.1) is 6.61 Å². The van der Waals surface area contributed by atoms with Gasteiger partial charge in [-0.2, -0.15) is 0 Å². The van der Waals surface area contributed by atoms with Gasteiger partial charge in [-0.05, 0) is 32.7 Å². The number of ether oxygens (including phenoxy) is 1. The van der Waals surface area contributed by atoms with Crippen molar-refractivity contribution in [2.24, 2.45) is 0 Å². The van der Waals surface area contributed by atoms with Crippen LogP contribution in [0, 0.1) is 0 Å². The number of rotatable bonds is 8. The molecule has 1 amide bonds. The van der Waals surface area contributed by atoms with E-state index in [0.29, 0.717) is 12.6 Å². The summed E-state index contributed by atoms with van der Waals surface area (Å²) in [4.78, 5) is 14.3. The average Bonchev–Trinajstić information content (AvgIpc) is 2.89. The number of hydrogen-bond donors (Lipinski definition) is 1. The number of carbonyl (C=O) groups is 1. The summed E-state index contributed by atoms with van der Waals surface area (Å²) in [7, 11) is 0. The molecule has 0 aromatic heterocycles. The highest BCUT2D eigenvalue weighted by molar-refractivity contribution is 5.81. The highest BCUT2D eigenvalue weighted by Gasteiger charge is 2.28. The molecule has 4 nitrogen and oxygen atoms in total. The van der Waals surface area contributed by atoms with Crippen molar-refractivity contribution in [3.05, 3.63) is 12.7 Å². The molecule has 2 atom stereocenters. The largest absolute Gasteiger partial charge is 0.368 e. The molecular formula is C14H26N2O2. The van der Waals surface area contributed by atoms with E-state index in [1.54, 1.807) is 0 Å². The summed E-state index contributed by atoms with van der Waals surface area (Å²) in [6, 6.07) is 0.336. The fourth-order valence-electron chi connectivity index (χ4n) is 2.25. The van der Waals surface area contributed by atoms with Gasteiger partial charge in [-0.3, -0.25) is 4.79 Å². The van der Waals surface area contributed by atoms with Crippen LogP contribution in [0.2, 0.25) is 0 Å². The zero-order chi connectivity index (χ0) is 13.4. The number of nitrogens with one attached hydrogen (secondary N) is 1. The van der Waals surface area contributed by atoms with E-state index in [0.717, 1.165) is 38.9 Å². The predicted molar refractivity (Wildman–Crippen MR) is 73.5 cm³/mol. The molecule has 1 aliphatic heterocycles. The number of amides is 1. The molecule has 1 saturated heterocycles. The lowest BCUT2D eigenvalue weighted by molar-refractivity contribution is -0.144. The fourth-order valence-corrected chi connectivity index (χ4v) is 2.25. The zero-order valence-corrected chi connectivity index (χ0v) is 11.7. The molecule has 1 aliphatic rings. The van der Waals surface area contributed by atoms with E-state index in [-0.39, 0.29) is 12.0 Å². The summed E-state index contributed by atoms with van der Waals surface area (Å²) in [5.74, 6) is 0.120. The Balaban J connectivity index is 2.49. The van der Waals surface area contributed by atoms with Crippen LogP contribution in [0.1, 0.15) is 33.1 Å². The quantitative estimate of drug-likeness (QED) is 0.528. The Bertz CT molecular complexity index is 263. The second-order valence-corrected chi connectivity index (χ2v) is 4.77. The molecule has 104 valence electrons. The van der Waals surface area contributed by atoms with Crippen molar-refractivity contribution in [2.45, 2.75) is 45.3 Å². The monoisotopic (exact) mass is 254 g/mol. The molecule has 0 aromatic rings. The van der Waals surface area contributed by atoms with Gasteiger partial charge in [-0.1, -0.05) is 13.0 Å². The summed E-state index contributed by atoms with van der Waals surface area (Å²) in [6.07, 6.45) is 4.28. The van der Waals surface area contributed by atoms with E-state index >= 15 is 0 Å². The average molecular weight is 254 g/mol. The van der Waals surface area contributed by atoms with Crippen molar-refractivity contribution >= 4 is 5.91 Å². The third kappa shape index (κ3) is 4.42. The highest BCUT2D eigenvalue weighted by atomic mass is 16.5. The molecule has 1 fully saturated rings. The molecule has 0 aromatic carbocycles. The molecule has 1 N–H and O–H groups in total. The van der Waals surface area contributed by atoms with Crippen molar-refractivity contribution in [1.29, 1.82) is 0 Å². The van der Waals surface area contributed by atoms with E-state index in [2.05, 4.69) is 18.8 Å². The van der Waals surface area contributed by atoms with Gasteiger partial charge in [0.15, 0.2) is 0 Å². The van der Waals surface area contributed by atoms with Gasteiger partial charge in [-0.25, -0.2) is 0 Å². The lowest BCUT2D eigenvalue weighted by Gasteiger charge is -2.30. The Hall–Kier alpha value is -0.870. The van der Waals surface area contributed by atoms with Crippen LogP contribution in [0.4, 0.5) is 0 Å². The van der Waals surface area contributed by atoms with Crippen LogP contribution in [-0.2, 0) is 9.53 Å². The molecule has 0 spiro atoms. The van der Waals surface area contributed by atoms with Crippen LogP contribution >= 0.6 is 0 Å². The molecule has 18 heavy (non-hydrogen) atoms. The SMILES string of the molecule is C=CCCOC(C)C(=O)N(CCC)C1CCNC1. The molecule has 4 heteroatoms. The van der Waals surface area contributed by atoms with Gasteiger partial charge in [0.25, 0.3) is 5.91 Å². The molecule has 0 saturated carbocycles. The second kappa shape index (κ2) is 8.27. The van der Waals surface area contributed by atoms with E-state index in [1.165, 1.54) is 0 Å². The normalized spacial score (nSPS) is 20.7. The fraction of sp³-hybridized carbons (Fsp3) is 0.786. The van der Waals surface area contributed by atoms with Crippen molar-refractivity contribution in [1.82, 2.24) is 10.2 Å². The first kappa shape index (κ1) is 15.2. The van der Waals surface area contributed by atoms with Crippen molar-refractivity contribution in [2.75, 3.05) is 26.2 Å². The van der Waals surface area contributed by atoms with Crippen LogP contribution in [0.15, 0.2) is 12.7 Å². The summed E-state index contributed by atoms with van der Waals surface area (Å²) >= 11 is 0. The minimum atomic E-state index is -0.350. The first-order valence-corrected chi connectivity index (χ1v) is 6.94. The summed E-state index contributed by atoms with van der Waals surface area (Å²) in [6.45, 7) is 10.9. The number of carbonyl (C=O) groups excluding carboxylic acids is 1. The van der Waals surface area contributed by atoms with Crippen molar-refractivity contribution < 1.29 is 9.53 Å². The molecule has 0 aliphatic carbocycles. The second-order valence-electron chi connectivity index (χ2n) is 4.77.